The van der Waals surface area contributed by atoms with Crippen LogP contribution >= 0.6 is 0 Å². The average molecular weight is 432 g/mol. The SMILES string of the molecule is COc1cc2nc(C3CC34CCOC4)cn2cc1C(=O)Nc1cccc(C(F)(F)F)n1. The van der Waals surface area contributed by atoms with E-state index in [1.165, 1.54) is 19.2 Å². The van der Waals surface area contributed by atoms with Gasteiger partial charge in [0.05, 0.1) is 25.0 Å². The van der Waals surface area contributed by atoms with E-state index < -0.39 is 17.8 Å². The molecular formula is C21H19F3N4O3. The minimum atomic E-state index is -4.60. The Morgan fingerprint density at radius 3 is 2.87 bits per heavy atom. The molecule has 0 bridgehead atoms. The summed E-state index contributed by atoms with van der Waals surface area (Å²) in [5, 5.41) is 2.41. The third kappa shape index (κ3) is 3.50. The van der Waals surface area contributed by atoms with Crippen LogP contribution in [-0.4, -0.2) is 40.6 Å². The van der Waals surface area contributed by atoms with Crippen LogP contribution in [0.5, 0.6) is 5.75 Å². The highest BCUT2D eigenvalue weighted by atomic mass is 19.4. The number of nitrogens with one attached hydrogen (secondary N) is 1. The summed E-state index contributed by atoms with van der Waals surface area (Å²) in [6.07, 6.45) is 0.893. The van der Waals surface area contributed by atoms with E-state index in [9.17, 15) is 18.0 Å². The van der Waals surface area contributed by atoms with Crippen molar-refractivity contribution in [3.05, 3.63) is 53.6 Å². The van der Waals surface area contributed by atoms with Crippen molar-refractivity contribution >= 4 is 17.4 Å². The number of anilines is 1. The van der Waals surface area contributed by atoms with Crippen LogP contribution in [0.1, 0.15) is 40.5 Å². The first-order valence-electron chi connectivity index (χ1n) is 9.79. The molecule has 162 valence electrons. The Balaban J connectivity index is 1.43. The maximum Gasteiger partial charge on any atom is 0.433 e. The lowest BCUT2D eigenvalue weighted by molar-refractivity contribution is -0.141. The topological polar surface area (TPSA) is 77.8 Å². The number of pyridine rings is 2. The van der Waals surface area contributed by atoms with Gasteiger partial charge in [-0.1, -0.05) is 6.07 Å². The van der Waals surface area contributed by atoms with E-state index in [-0.39, 0.29) is 22.5 Å². The lowest BCUT2D eigenvalue weighted by Crippen LogP contribution is -2.16. The zero-order valence-corrected chi connectivity index (χ0v) is 16.6. The molecular weight excluding hydrogens is 413 g/mol. The van der Waals surface area contributed by atoms with Gasteiger partial charge in [0.2, 0.25) is 0 Å². The molecule has 3 aromatic rings. The molecule has 1 saturated heterocycles. The van der Waals surface area contributed by atoms with Crippen LogP contribution in [0.15, 0.2) is 36.7 Å². The average Bonchev–Trinajstić information content (AvgIpc) is 3.05. The third-order valence-electron chi connectivity index (χ3n) is 6.00. The molecule has 1 aliphatic carbocycles. The molecule has 0 aromatic carbocycles. The largest absolute Gasteiger partial charge is 0.496 e. The predicted octanol–water partition coefficient (Wildman–Crippen LogP) is 3.90. The van der Waals surface area contributed by atoms with E-state index in [0.29, 0.717) is 11.6 Å². The van der Waals surface area contributed by atoms with Crippen molar-refractivity contribution in [2.45, 2.75) is 24.9 Å². The van der Waals surface area contributed by atoms with Crippen molar-refractivity contribution in [1.29, 1.82) is 0 Å². The number of halogens is 3. The van der Waals surface area contributed by atoms with E-state index >= 15 is 0 Å². The smallest absolute Gasteiger partial charge is 0.433 e. The second kappa shape index (κ2) is 6.94. The van der Waals surface area contributed by atoms with Crippen LogP contribution in [-0.2, 0) is 10.9 Å². The van der Waals surface area contributed by atoms with E-state index in [1.54, 1.807) is 16.7 Å². The van der Waals surface area contributed by atoms with Gasteiger partial charge >= 0.3 is 6.18 Å². The maximum atomic E-state index is 12.9. The zero-order chi connectivity index (χ0) is 21.8. The highest BCUT2D eigenvalue weighted by Crippen LogP contribution is 2.63. The second-order valence-electron chi connectivity index (χ2n) is 7.97. The lowest BCUT2D eigenvalue weighted by Gasteiger charge is -2.11. The Morgan fingerprint density at radius 2 is 2.16 bits per heavy atom. The van der Waals surface area contributed by atoms with E-state index in [1.807, 2.05) is 6.20 Å². The number of amides is 1. The van der Waals surface area contributed by atoms with Crippen LogP contribution in [0.3, 0.4) is 0 Å². The second-order valence-corrected chi connectivity index (χ2v) is 7.97. The molecule has 1 amide bonds. The Labute approximate surface area is 175 Å². The van der Waals surface area contributed by atoms with Gasteiger partial charge in [-0.25, -0.2) is 9.97 Å². The molecule has 7 nitrogen and oxygen atoms in total. The van der Waals surface area contributed by atoms with Crippen LogP contribution in [0.4, 0.5) is 19.0 Å². The molecule has 2 fully saturated rings. The van der Waals surface area contributed by atoms with Gasteiger partial charge in [0.15, 0.2) is 0 Å². The quantitative estimate of drug-likeness (QED) is 0.677. The Morgan fingerprint density at radius 1 is 1.32 bits per heavy atom. The Hall–Kier alpha value is -3.14. The summed E-state index contributed by atoms with van der Waals surface area (Å²) in [4.78, 5) is 21.0. The van der Waals surface area contributed by atoms with Gasteiger partial charge in [0.1, 0.15) is 22.9 Å². The van der Waals surface area contributed by atoms with Crippen molar-refractivity contribution in [2.75, 3.05) is 25.6 Å². The van der Waals surface area contributed by atoms with Crippen molar-refractivity contribution < 1.29 is 27.4 Å². The van der Waals surface area contributed by atoms with E-state index in [0.717, 1.165) is 37.8 Å². The standard InChI is InChI=1S/C21H19F3N4O3/c1-30-15-7-18-25-14(13-8-20(13)5-6-31-11-20)10-28(18)9-12(15)19(29)27-17-4-2-3-16(26-17)21(22,23)24/h2-4,7,9-10,13H,5-6,8,11H2,1H3,(H,26,27,29). The molecule has 5 rings (SSSR count). The first-order chi connectivity index (χ1) is 14.8. The molecule has 0 radical (unpaired) electrons. The molecule has 1 aliphatic heterocycles. The number of alkyl halides is 3. The van der Waals surface area contributed by atoms with Gasteiger partial charge in [-0.05, 0) is 25.0 Å². The number of hydrogen-bond acceptors (Lipinski definition) is 5. The highest BCUT2D eigenvalue weighted by molar-refractivity contribution is 6.05. The minimum absolute atomic E-state index is 0.160. The predicted molar refractivity (Wildman–Crippen MR) is 104 cm³/mol. The third-order valence-corrected chi connectivity index (χ3v) is 6.00. The number of imidazole rings is 1. The summed E-state index contributed by atoms with van der Waals surface area (Å²) >= 11 is 0. The minimum Gasteiger partial charge on any atom is -0.496 e. The molecule has 2 aliphatic rings. The van der Waals surface area contributed by atoms with Gasteiger partial charge < -0.3 is 19.2 Å². The van der Waals surface area contributed by atoms with Gasteiger partial charge in [-0.3, -0.25) is 4.79 Å². The Kier molecular flexibility index (Phi) is 4.44. The van der Waals surface area contributed by atoms with Crippen LogP contribution in [0, 0.1) is 5.41 Å². The van der Waals surface area contributed by atoms with Crippen molar-refractivity contribution in [2.24, 2.45) is 5.41 Å². The normalized spacial score (nSPS) is 22.8. The van der Waals surface area contributed by atoms with Crippen LogP contribution < -0.4 is 10.1 Å². The summed E-state index contributed by atoms with van der Waals surface area (Å²) in [6.45, 7) is 1.51. The number of hydrogen-bond donors (Lipinski definition) is 1. The molecule has 3 aromatic heterocycles. The summed E-state index contributed by atoms with van der Waals surface area (Å²) in [5.41, 5.74) is 0.817. The lowest BCUT2D eigenvalue weighted by atomic mass is 10.0. The Bertz CT molecular complexity index is 1170. The molecule has 1 saturated carbocycles. The number of rotatable bonds is 4. The van der Waals surface area contributed by atoms with E-state index in [4.69, 9.17) is 9.47 Å². The zero-order valence-electron chi connectivity index (χ0n) is 16.6. The molecule has 1 N–H and O–H groups in total. The maximum absolute atomic E-state index is 12.9. The number of methoxy groups -OCH3 is 1. The van der Waals surface area contributed by atoms with Gasteiger partial charge in [0, 0.05) is 36.4 Å². The number of fused-ring (bicyclic) bond motifs is 1. The van der Waals surface area contributed by atoms with E-state index in [2.05, 4.69) is 15.3 Å². The summed E-state index contributed by atoms with van der Waals surface area (Å²) in [6, 6.07) is 4.96. The number of nitrogens with zero attached hydrogens (tertiary/aromatic N) is 3. The highest BCUT2D eigenvalue weighted by Gasteiger charge is 2.57. The van der Waals surface area contributed by atoms with Crippen molar-refractivity contribution in [1.82, 2.24) is 14.4 Å². The fourth-order valence-corrected chi connectivity index (χ4v) is 4.21. The first kappa shape index (κ1) is 19.8. The number of carbonyl (C=O) groups excluding carboxylic acids is 1. The fraction of sp³-hybridized carbons (Fsp3) is 0.381. The molecule has 2 atom stereocenters. The molecule has 31 heavy (non-hydrogen) atoms. The summed E-state index contributed by atoms with van der Waals surface area (Å²) < 4.78 is 51.3. The molecule has 2 unspecified atom stereocenters. The number of aromatic nitrogens is 3. The van der Waals surface area contributed by atoms with Crippen LogP contribution in [0.2, 0.25) is 0 Å². The van der Waals surface area contributed by atoms with Gasteiger partial charge in [-0.15, -0.1) is 0 Å². The fourth-order valence-electron chi connectivity index (χ4n) is 4.21. The van der Waals surface area contributed by atoms with Crippen LogP contribution in [0.25, 0.3) is 5.65 Å². The summed E-state index contributed by atoms with van der Waals surface area (Å²) in [7, 11) is 1.42. The summed E-state index contributed by atoms with van der Waals surface area (Å²) in [5.74, 6) is -0.237. The molecule has 10 heteroatoms. The van der Waals surface area contributed by atoms with Crippen molar-refractivity contribution in [3.8, 4) is 5.75 Å². The molecule has 4 heterocycles. The van der Waals surface area contributed by atoms with Gasteiger partial charge in [0.25, 0.3) is 5.91 Å². The number of carbonyl (C=O) groups is 1. The number of ether oxygens (including phenoxy) is 2. The molecule has 1 spiro atoms. The van der Waals surface area contributed by atoms with Crippen molar-refractivity contribution in [3.63, 3.8) is 0 Å². The monoisotopic (exact) mass is 432 g/mol. The first-order valence-corrected chi connectivity index (χ1v) is 9.79. The van der Waals surface area contributed by atoms with Gasteiger partial charge in [-0.2, -0.15) is 13.2 Å².